The van der Waals surface area contributed by atoms with E-state index in [1.165, 1.54) is 0 Å². The standard InChI is InChI=1S/C3H3AsN2S/c4-6-2-1-5-3(6)7/h1-2H,(H,5,7). The Balaban J connectivity index is 3.39. The Labute approximate surface area is 55.3 Å². The van der Waals surface area contributed by atoms with E-state index in [1.54, 1.807) is 9.68 Å². The van der Waals surface area contributed by atoms with E-state index in [1.807, 2.05) is 6.20 Å². The second-order valence-electron chi connectivity index (χ2n) is 1.11. The van der Waals surface area contributed by atoms with Crippen LogP contribution in [-0.2, 0) is 0 Å². The van der Waals surface area contributed by atoms with Crippen molar-refractivity contribution >= 4 is 29.3 Å². The molecule has 0 aliphatic rings. The summed E-state index contributed by atoms with van der Waals surface area (Å²) < 4.78 is 2.52. The average Bonchev–Trinajstić information content (AvgIpc) is 1.91. The SMILES string of the molecule is S=c1[nH]ccn1[As]. The van der Waals surface area contributed by atoms with Crippen molar-refractivity contribution in [2.24, 2.45) is 0 Å². The molecule has 0 aromatic carbocycles. The molecule has 1 N–H and O–H groups in total. The molecule has 36 valence electrons. The molecule has 0 amide bonds. The summed E-state index contributed by atoms with van der Waals surface area (Å²) in [5.41, 5.74) is 0. The third-order valence-corrected chi connectivity index (χ3v) is 1.94. The molecular formula is C3H3AsN2S. The number of hydrogen-bond donors (Lipinski definition) is 1. The number of rotatable bonds is 0. The summed E-state index contributed by atoms with van der Waals surface area (Å²) in [6.07, 6.45) is 3.64. The molecule has 0 spiro atoms. The van der Waals surface area contributed by atoms with Gasteiger partial charge in [0.15, 0.2) is 0 Å². The van der Waals surface area contributed by atoms with Crippen molar-refractivity contribution in [3.8, 4) is 0 Å². The molecule has 0 saturated heterocycles. The minimum absolute atomic E-state index is 0.736. The fourth-order valence-corrected chi connectivity index (χ4v) is 0.703. The van der Waals surface area contributed by atoms with Crippen LogP contribution in [0, 0.1) is 4.77 Å². The summed E-state index contributed by atoms with van der Waals surface area (Å²) in [5.74, 6) is 0. The van der Waals surface area contributed by atoms with E-state index >= 15 is 0 Å². The molecule has 1 aromatic heterocycles. The molecule has 2 nitrogen and oxygen atoms in total. The molecule has 7 heavy (non-hydrogen) atoms. The van der Waals surface area contributed by atoms with Gasteiger partial charge >= 0.3 is 54.9 Å². The zero-order valence-corrected chi connectivity index (χ0v) is 6.15. The molecule has 0 saturated carbocycles. The van der Waals surface area contributed by atoms with Crippen LogP contribution in [0.25, 0.3) is 0 Å². The van der Waals surface area contributed by atoms with Gasteiger partial charge in [-0.1, -0.05) is 0 Å². The molecule has 0 atom stereocenters. The molecule has 0 aliphatic carbocycles. The first-order chi connectivity index (χ1) is 3.30. The average molecular weight is 174 g/mol. The number of nitrogens with one attached hydrogen (secondary N) is 1. The molecule has 0 aliphatic heterocycles. The maximum absolute atomic E-state index is 4.78. The molecular weight excluding hydrogens is 171 g/mol. The summed E-state index contributed by atoms with van der Waals surface area (Å²) in [7, 11) is 0. The monoisotopic (exact) mass is 174 g/mol. The first-order valence-electron chi connectivity index (χ1n) is 1.76. The minimum atomic E-state index is 0.736. The Hall–Kier alpha value is -0.0116. The molecule has 1 aromatic rings. The van der Waals surface area contributed by atoms with Crippen LogP contribution in [0.3, 0.4) is 0 Å². The Morgan fingerprint density at radius 1 is 1.86 bits per heavy atom. The summed E-state index contributed by atoms with van der Waals surface area (Å²) in [6.45, 7) is 0. The van der Waals surface area contributed by atoms with Gasteiger partial charge in [-0.2, -0.15) is 0 Å². The number of nitrogens with zero attached hydrogens (tertiary/aromatic N) is 1. The molecule has 1 rings (SSSR count). The van der Waals surface area contributed by atoms with Gasteiger partial charge in [0, 0.05) is 0 Å². The van der Waals surface area contributed by atoms with Crippen LogP contribution >= 0.6 is 12.2 Å². The van der Waals surface area contributed by atoms with Crippen LogP contribution in [0.4, 0.5) is 0 Å². The summed E-state index contributed by atoms with van der Waals surface area (Å²) in [6, 6.07) is 0. The van der Waals surface area contributed by atoms with E-state index in [4.69, 9.17) is 12.2 Å². The van der Waals surface area contributed by atoms with E-state index in [9.17, 15) is 0 Å². The Morgan fingerprint density at radius 3 is 2.71 bits per heavy atom. The van der Waals surface area contributed by atoms with Crippen molar-refractivity contribution in [2.75, 3.05) is 0 Å². The zero-order valence-electron chi connectivity index (χ0n) is 3.46. The Morgan fingerprint density at radius 2 is 2.57 bits per heavy atom. The van der Waals surface area contributed by atoms with Gasteiger partial charge in [-0.3, -0.25) is 0 Å². The zero-order chi connectivity index (χ0) is 5.28. The fourth-order valence-electron chi connectivity index (χ4n) is 0.313. The van der Waals surface area contributed by atoms with Crippen LogP contribution in [0.5, 0.6) is 0 Å². The van der Waals surface area contributed by atoms with Gasteiger partial charge in [0.25, 0.3) is 0 Å². The maximum atomic E-state index is 4.78. The van der Waals surface area contributed by atoms with Gasteiger partial charge in [0.2, 0.25) is 0 Å². The van der Waals surface area contributed by atoms with Crippen molar-refractivity contribution in [1.29, 1.82) is 0 Å². The number of aromatic amines is 1. The second kappa shape index (κ2) is 1.84. The molecule has 2 radical (unpaired) electrons. The Bertz CT molecular complexity index is 201. The van der Waals surface area contributed by atoms with Gasteiger partial charge in [-0.15, -0.1) is 0 Å². The van der Waals surface area contributed by atoms with Crippen molar-refractivity contribution in [1.82, 2.24) is 8.47 Å². The summed E-state index contributed by atoms with van der Waals surface area (Å²) in [5, 5.41) is 0. The van der Waals surface area contributed by atoms with Crippen LogP contribution in [0.15, 0.2) is 12.4 Å². The molecule has 0 unspecified atom stereocenters. The predicted molar refractivity (Wildman–Crippen MR) is 30.8 cm³/mol. The van der Waals surface area contributed by atoms with Crippen molar-refractivity contribution in [3.05, 3.63) is 17.2 Å². The molecule has 1 heterocycles. The number of H-pyrrole nitrogens is 1. The number of hydrogen-bond acceptors (Lipinski definition) is 1. The molecule has 4 heteroatoms. The topological polar surface area (TPSA) is 20.7 Å². The Kier molecular flexibility index (Phi) is 1.35. The van der Waals surface area contributed by atoms with Crippen molar-refractivity contribution < 1.29 is 0 Å². The van der Waals surface area contributed by atoms with Gasteiger partial charge in [0.1, 0.15) is 0 Å². The van der Waals surface area contributed by atoms with Gasteiger partial charge in [-0.05, 0) is 0 Å². The van der Waals surface area contributed by atoms with E-state index in [2.05, 4.69) is 22.1 Å². The first-order valence-corrected chi connectivity index (χ1v) is 3.01. The second-order valence-corrected chi connectivity index (χ2v) is 2.40. The van der Waals surface area contributed by atoms with Crippen molar-refractivity contribution in [2.45, 2.75) is 0 Å². The van der Waals surface area contributed by atoms with Crippen molar-refractivity contribution in [3.63, 3.8) is 0 Å². The van der Waals surface area contributed by atoms with Gasteiger partial charge in [-0.25, -0.2) is 0 Å². The quantitative estimate of drug-likeness (QED) is 0.448. The van der Waals surface area contributed by atoms with E-state index in [-0.39, 0.29) is 0 Å². The summed E-state index contributed by atoms with van der Waals surface area (Å²) >= 11 is 7.09. The number of aromatic nitrogens is 2. The van der Waals surface area contributed by atoms with E-state index in [0.717, 1.165) is 4.77 Å². The molecule has 0 bridgehead atoms. The van der Waals surface area contributed by atoms with E-state index < -0.39 is 0 Å². The normalized spacial score (nSPS) is 9.29. The third-order valence-electron chi connectivity index (χ3n) is 0.631. The third kappa shape index (κ3) is 0.955. The summed E-state index contributed by atoms with van der Waals surface area (Å²) in [4.78, 5) is 2.83. The van der Waals surface area contributed by atoms with Crippen LogP contribution < -0.4 is 0 Å². The fraction of sp³-hybridized carbons (Fsp3) is 0. The van der Waals surface area contributed by atoms with Gasteiger partial charge in [0.05, 0.1) is 0 Å². The van der Waals surface area contributed by atoms with Crippen LogP contribution in [0.2, 0.25) is 0 Å². The van der Waals surface area contributed by atoms with Crippen LogP contribution in [-0.4, -0.2) is 25.5 Å². The first kappa shape index (κ1) is 5.13. The molecule has 0 fully saturated rings. The number of imidazole rings is 1. The predicted octanol–water partition coefficient (Wildman–Crippen LogP) is 0.477. The van der Waals surface area contributed by atoms with Gasteiger partial charge < -0.3 is 0 Å². The van der Waals surface area contributed by atoms with Crippen LogP contribution in [0.1, 0.15) is 0 Å². The van der Waals surface area contributed by atoms with E-state index in [0.29, 0.717) is 0 Å².